The summed E-state index contributed by atoms with van der Waals surface area (Å²) in [5, 5.41) is 5.56. The number of hydrogen-bond acceptors (Lipinski definition) is 4. The van der Waals surface area contributed by atoms with E-state index in [1.54, 1.807) is 6.92 Å². The fourth-order valence-electron chi connectivity index (χ4n) is 1.45. The van der Waals surface area contributed by atoms with Crippen LogP contribution >= 0.6 is 11.8 Å². The summed E-state index contributed by atoms with van der Waals surface area (Å²) in [4.78, 5) is 12.9. The predicted octanol–water partition coefficient (Wildman–Crippen LogP) is 2.08. The smallest absolute Gasteiger partial charge is 0.270 e. The van der Waals surface area contributed by atoms with Crippen LogP contribution in [-0.2, 0) is 6.54 Å². The van der Waals surface area contributed by atoms with Gasteiger partial charge >= 0.3 is 5.69 Å². The summed E-state index contributed by atoms with van der Waals surface area (Å²) in [7, 11) is 0. The van der Waals surface area contributed by atoms with Gasteiger partial charge in [-0.15, -0.1) is 5.10 Å². The minimum Gasteiger partial charge on any atom is -0.270 e. The summed E-state index contributed by atoms with van der Waals surface area (Å²) < 4.78 is 54.0. The molecule has 0 unspecified atom stereocenters. The zero-order valence-corrected chi connectivity index (χ0v) is 10.9. The first-order valence-electron chi connectivity index (χ1n) is 5.48. The van der Waals surface area contributed by atoms with Crippen LogP contribution in [0.3, 0.4) is 0 Å². The lowest BCUT2D eigenvalue weighted by molar-refractivity contribution is 0.383. The number of rotatable bonds is 4. The van der Waals surface area contributed by atoms with Gasteiger partial charge in [-0.3, -0.25) is 4.57 Å². The number of nitrogens with zero attached hydrogens (tertiary/aromatic N) is 3. The summed E-state index contributed by atoms with van der Waals surface area (Å²) in [6.45, 7) is 2.03. The normalized spacial score (nSPS) is 11.1. The SMILES string of the molecule is CCCn1c(Sc2c(F)c(F)nc(F)c2F)n[nH]c1=O. The second-order valence-electron chi connectivity index (χ2n) is 3.72. The number of nitrogens with one attached hydrogen (secondary N) is 1. The van der Waals surface area contributed by atoms with Crippen LogP contribution in [0, 0.1) is 23.5 Å². The van der Waals surface area contributed by atoms with Crippen molar-refractivity contribution in [3.63, 3.8) is 0 Å². The number of aromatic amines is 1. The predicted molar refractivity (Wildman–Crippen MR) is 61.3 cm³/mol. The van der Waals surface area contributed by atoms with E-state index in [-0.39, 0.29) is 11.7 Å². The molecular weight excluding hydrogens is 300 g/mol. The summed E-state index contributed by atoms with van der Waals surface area (Å²) in [6, 6.07) is 0. The summed E-state index contributed by atoms with van der Waals surface area (Å²) in [5.74, 6) is -6.78. The van der Waals surface area contributed by atoms with Crippen LogP contribution in [0.2, 0.25) is 0 Å². The second-order valence-corrected chi connectivity index (χ2v) is 4.69. The van der Waals surface area contributed by atoms with Gasteiger partial charge in [0.1, 0.15) is 0 Å². The molecule has 0 spiro atoms. The molecule has 0 aromatic carbocycles. The van der Waals surface area contributed by atoms with Gasteiger partial charge in [0.05, 0.1) is 4.90 Å². The molecule has 0 atom stereocenters. The number of halogens is 4. The third-order valence-electron chi connectivity index (χ3n) is 2.32. The zero-order valence-electron chi connectivity index (χ0n) is 10.1. The minimum absolute atomic E-state index is 0.0975. The van der Waals surface area contributed by atoms with E-state index in [1.807, 2.05) is 0 Å². The van der Waals surface area contributed by atoms with Gasteiger partial charge in [0, 0.05) is 6.54 Å². The fourth-order valence-corrected chi connectivity index (χ4v) is 2.36. The van der Waals surface area contributed by atoms with Crippen molar-refractivity contribution in [3.8, 4) is 0 Å². The first-order chi connectivity index (χ1) is 9.45. The largest absolute Gasteiger partial charge is 0.343 e. The maximum absolute atomic E-state index is 13.5. The van der Waals surface area contributed by atoms with Crippen molar-refractivity contribution in [2.75, 3.05) is 0 Å². The molecule has 20 heavy (non-hydrogen) atoms. The molecule has 0 saturated heterocycles. The van der Waals surface area contributed by atoms with E-state index in [9.17, 15) is 22.4 Å². The quantitative estimate of drug-likeness (QED) is 0.694. The van der Waals surface area contributed by atoms with E-state index in [1.165, 1.54) is 0 Å². The highest BCUT2D eigenvalue weighted by Gasteiger charge is 2.23. The minimum atomic E-state index is -1.76. The summed E-state index contributed by atoms with van der Waals surface area (Å²) >= 11 is 0.307. The Balaban J connectivity index is 2.48. The van der Waals surface area contributed by atoms with Gasteiger partial charge in [-0.2, -0.15) is 13.8 Å². The van der Waals surface area contributed by atoms with E-state index in [2.05, 4.69) is 15.2 Å². The Morgan fingerprint density at radius 2 is 1.80 bits per heavy atom. The molecule has 0 bridgehead atoms. The summed E-state index contributed by atoms with van der Waals surface area (Å²) in [6.07, 6.45) is 0.566. The maximum Gasteiger partial charge on any atom is 0.343 e. The van der Waals surface area contributed by atoms with Gasteiger partial charge in [-0.25, -0.2) is 18.7 Å². The first-order valence-corrected chi connectivity index (χ1v) is 6.30. The molecule has 0 radical (unpaired) electrons. The third-order valence-corrected chi connectivity index (χ3v) is 3.38. The first kappa shape index (κ1) is 14.6. The van der Waals surface area contributed by atoms with Gasteiger partial charge in [0.15, 0.2) is 16.8 Å². The van der Waals surface area contributed by atoms with Crippen LogP contribution in [0.4, 0.5) is 17.6 Å². The standard InChI is InChI=1S/C10H8F4N4OS/c1-2-3-18-9(19)16-17-10(18)20-6-4(11)7(13)15-8(14)5(6)12/h2-3H2,1H3,(H,16,19). The molecule has 0 aliphatic rings. The molecule has 2 rings (SSSR count). The Morgan fingerprint density at radius 1 is 1.20 bits per heavy atom. The monoisotopic (exact) mass is 308 g/mol. The molecule has 0 aliphatic carbocycles. The molecule has 5 nitrogen and oxygen atoms in total. The number of aromatic nitrogens is 4. The van der Waals surface area contributed by atoms with E-state index < -0.39 is 34.1 Å². The number of pyridine rings is 1. The molecule has 2 aromatic heterocycles. The molecule has 10 heteroatoms. The van der Waals surface area contributed by atoms with Crippen LogP contribution in [0.1, 0.15) is 13.3 Å². The van der Waals surface area contributed by atoms with Crippen LogP contribution < -0.4 is 5.69 Å². The topological polar surface area (TPSA) is 63.6 Å². The van der Waals surface area contributed by atoms with Crippen molar-refractivity contribution < 1.29 is 17.6 Å². The van der Waals surface area contributed by atoms with Crippen LogP contribution in [0.15, 0.2) is 14.8 Å². The van der Waals surface area contributed by atoms with Gasteiger partial charge in [0.2, 0.25) is 0 Å². The molecule has 0 aliphatic heterocycles. The second kappa shape index (κ2) is 5.65. The van der Waals surface area contributed by atoms with Crippen molar-refractivity contribution in [2.45, 2.75) is 29.9 Å². The van der Waals surface area contributed by atoms with E-state index in [4.69, 9.17) is 0 Å². The molecule has 108 valence electrons. The molecule has 0 saturated carbocycles. The van der Waals surface area contributed by atoms with Crippen LogP contribution in [0.25, 0.3) is 0 Å². The van der Waals surface area contributed by atoms with Crippen molar-refractivity contribution in [2.24, 2.45) is 0 Å². The van der Waals surface area contributed by atoms with Crippen molar-refractivity contribution >= 4 is 11.8 Å². The summed E-state index contributed by atoms with van der Waals surface area (Å²) in [5.41, 5.74) is -0.579. The molecule has 1 N–H and O–H groups in total. The molecule has 2 aromatic rings. The highest BCUT2D eigenvalue weighted by molar-refractivity contribution is 7.99. The van der Waals surface area contributed by atoms with Crippen molar-refractivity contribution in [1.29, 1.82) is 0 Å². The molecule has 2 heterocycles. The maximum atomic E-state index is 13.5. The Morgan fingerprint density at radius 3 is 2.35 bits per heavy atom. The lowest BCUT2D eigenvalue weighted by Gasteiger charge is -2.06. The van der Waals surface area contributed by atoms with Crippen LogP contribution in [-0.4, -0.2) is 19.7 Å². The third kappa shape index (κ3) is 2.55. The van der Waals surface area contributed by atoms with Gasteiger partial charge in [-0.1, -0.05) is 6.92 Å². The van der Waals surface area contributed by atoms with Crippen LogP contribution in [0.5, 0.6) is 0 Å². The van der Waals surface area contributed by atoms with E-state index in [0.717, 1.165) is 4.57 Å². The Kier molecular flexibility index (Phi) is 4.12. The lowest BCUT2D eigenvalue weighted by atomic mass is 10.4. The van der Waals surface area contributed by atoms with E-state index >= 15 is 0 Å². The zero-order chi connectivity index (χ0) is 14.9. The van der Waals surface area contributed by atoms with Gasteiger partial charge in [-0.05, 0) is 18.2 Å². The highest BCUT2D eigenvalue weighted by atomic mass is 32.2. The molecular formula is C10H8F4N4OS. The lowest BCUT2D eigenvalue weighted by Crippen LogP contribution is -2.17. The van der Waals surface area contributed by atoms with Gasteiger partial charge in [0.25, 0.3) is 11.9 Å². The average molecular weight is 308 g/mol. The Hall–Kier alpha value is -1.84. The Labute approximate surface area is 114 Å². The molecule has 0 fully saturated rings. The average Bonchev–Trinajstić information content (AvgIpc) is 2.74. The highest BCUT2D eigenvalue weighted by Crippen LogP contribution is 2.31. The van der Waals surface area contributed by atoms with E-state index in [0.29, 0.717) is 18.2 Å². The van der Waals surface area contributed by atoms with Gasteiger partial charge < -0.3 is 0 Å². The molecule has 0 amide bonds. The Bertz CT molecular complexity index is 673. The van der Waals surface area contributed by atoms with Crippen molar-refractivity contribution in [1.82, 2.24) is 19.7 Å². The van der Waals surface area contributed by atoms with Crippen molar-refractivity contribution in [3.05, 3.63) is 34.0 Å². The number of hydrogen-bond donors (Lipinski definition) is 1. The number of H-pyrrole nitrogens is 1. The fraction of sp³-hybridized carbons (Fsp3) is 0.300.